The topological polar surface area (TPSA) is 61.8 Å². The molecule has 0 spiro atoms. The molecule has 1 fully saturated rings. The quantitative estimate of drug-likeness (QED) is 0.905. The van der Waals surface area contributed by atoms with Crippen molar-refractivity contribution in [2.45, 2.75) is 6.92 Å². The van der Waals surface area contributed by atoms with Crippen LogP contribution in [0.1, 0.15) is 15.9 Å². The van der Waals surface area contributed by atoms with E-state index in [9.17, 15) is 9.90 Å². The number of rotatable bonds is 4. The lowest BCUT2D eigenvalue weighted by atomic mass is 10.00. The van der Waals surface area contributed by atoms with Crippen molar-refractivity contribution in [2.75, 3.05) is 39.4 Å². The summed E-state index contributed by atoms with van der Waals surface area (Å²) in [5.74, 6) is -0.169. The molecule has 2 N–H and O–H groups in total. The van der Waals surface area contributed by atoms with Crippen LogP contribution in [0.25, 0.3) is 10.8 Å². The summed E-state index contributed by atoms with van der Waals surface area (Å²) in [7, 11) is 0. The van der Waals surface area contributed by atoms with E-state index in [0.29, 0.717) is 12.1 Å². The molecule has 122 valence electrons. The molecule has 0 unspecified atom stereocenters. The largest absolute Gasteiger partial charge is 0.507 e. The van der Waals surface area contributed by atoms with Crippen molar-refractivity contribution in [1.29, 1.82) is 0 Å². The summed E-state index contributed by atoms with van der Waals surface area (Å²) < 4.78 is 5.30. The zero-order valence-electron chi connectivity index (χ0n) is 13.3. The van der Waals surface area contributed by atoms with Crippen molar-refractivity contribution in [3.8, 4) is 5.75 Å². The molecular weight excluding hydrogens is 292 g/mol. The van der Waals surface area contributed by atoms with Crippen LogP contribution in [0, 0.1) is 6.92 Å². The highest BCUT2D eigenvalue weighted by molar-refractivity contribution is 6.02. The summed E-state index contributed by atoms with van der Waals surface area (Å²) >= 11 is 0. The van der Waals surface area contributed by atoms with Gasteiger partial charge in [0.2, 0.25) is 0 Å². The smallest absolute Gasteiger partial charge is 0.255 e. The molecule has 0 bridgehead atoms. The molecule has 0 atom stereocenters. The molecule has 1 saturated heterocycles. The van der Waals surface area contributed by atoms with E-state index in [2.05, 4.69) is 10.2 Å². The Hall–Kier alpha value is -2.11. The van der Waals surface area contributed by atoms with E-state index in [1.807, 2.05) is 31.2 Å². The first-order chi connectivity index (χ1) is 11.2. The zero-order valence-corrected chi connectivity index (χ0v) is 13.3. The average molecular weight is 314 g/mol. The molecule has 0 aromatic heterocycles. The fraction of sp³-hybridized carbons (Fsp3) is 0.389. The van der Waals surface area contributed by atoms with E-state index < -0.39 is 0 Å². The second kappa shape index (κ2) is 6.98. The number of morpholine rings is 1. The van der Waals surface area contributed by atoms with Crippen LogP contribution in [0.5, 0.6) is 5.75 Å². The Morgan fingerprint density at radius 1 is 1.30 bits per heavy atom. The van der Waals surface area contributed by atoms with Crippen molar-refractivity contribution in [3.63, 3.8) is 0 Å². The van der Waals surface area contributed by atoms with Crippen LogP contribution in [-0.2, 0) is 4.74 Å². The van der Waals surface area contributed by atoms with Gasteiger partial charge in [-0.3, -0.25) is 9.69 Å². The number of carbonyl (C=O) groups excluding carboxylic acids is 1. The number of phenols is 1. The van der Waals surface area contributed by atoms with E-state index in [1.54, 1.807) is 6.07 Å². The van der Waals surface area contributed by atoms with Gasteiger partial charge in [-0.1, -0.05) is 24.3 Å². The molecule has 0 saturated carbocycles. The maximum Gasteiger partial charge on any atom is 0.255 e. The third-order valence-corrected chi connectivity index (χ3v) is 4.34. The van der Waals surface area contributed by atoms with Gasteiger partial charge in [-0.2, -0.15) is 0 Å². The van der Waals surface area contributed by atoms with Gasteiger partial charge in [-0.25, -0.2) is 0 Å². The average Bonchev–Trinajstić information content (AvgIpc) is 2.59. The summed E-state index contributed by atoms with van der Waals surface area (Å²) in [4.78, 5) is 14.6. The maximum atomic E-state index is 12.4. The maximum absolute atomic E-state index is 12.4. The molecule has 1 heterocycles. The highest BCUT2D eigenvalue weighted by Crippen LogP contribution is 2.30. The van der Waals surface area contributed by atoms with Crippen LogP contribution < -0.4 is 5.32 Å². The molecule has 1 aliphatic rings. The number of aryl methyl sites for hydroxylation is 1. The van der Waals surface area contributed by atoms with Crippen LogP contribution >= 0.6 is 0 Å². The highest BCUT2D eigenvalue weighted by Gasteiger charge is 2.16. The minimum absolute atomic E-state index is 0.0626. The molecule has 23 heavy (non-hydrogen) atoms. The van der Waals surface area contributed by atoms with Gasteiger partial charge in [0.1, 0.15) is 5.75 Å². The monoisotopic (exact) mass is 314 g/mol. The summed E-state index contributed by atoms with van der Waals surface area (Å²) in [6.45, 7) is 6.48. The number of hydrogen-bond acceptors (Lipinski definition) is 4. The number of phenolic OH excluding ortho intramolecular Hbond substituents is 1. The Bertz CT molecular complexity index is 709. The first-order valence-corrected chi connectivity index (χ1v) is 7.96. The van der Waals surface area contributed by atoms with Crippen LogP contribution in [0.15, 0.2) is 30.3 Å². The molecule has 1 amide bonds. The predicted octanol–water partition coefficient (Wildman–Crippen LogP) is 1.92. The molecule has 0 aliphatic carbocycles. The van der Waals surface area contributed by atoms with E-state index in [4.69, 9.17) is 4.74 Å². The van der Waals surface area contributed by atoms with Gasteiger partial charge in [0.15, 0.2) is 0 Å². The van der Waals surface area contributed by atoms with Gasteiger partial charge in [-0.05, 0) is 29.3 Å². The molecule has 2 aromatic rings. The van der Waals surface area contributed by atoms with Crippen molar-refractivity contribution in [2.24, 2.45) is 0 Å². The van der Waals surface area contributed by atoms with Crippen molar-refractivity contribution < 1.29 is 14.6 Å². The Kier molecular flexibility index (Phi) is 4.79. The summed E-state index contributed by atoms with van der Waals surface area (Å²) in [6, 6.07) is 9.51. The number of nitrogens with one attached hydrogen (secondary N) is 1. The summed E-state index contributed by atoms with van der Waals surface area (Å²) in [5.41, 5.74) is 1.07. The number of nitrogens with zero attached hydrogens (tertiary/aromatic N) is 1. The number of benzene rings is 2. The van der Waals surface area contributed by atoms with E-state index in [0.717, 1.165) is 49.2 Å². The number of ether oxygens (including phenoxy) is 1. The Morgan fingerprint density at radius 2 is 2.04 bits per heavy atom. The third-order valence-electron chi connectivity index (χ3n) is 4.34. The molecule has 5 heteroatoms. The molecule has 2 aromatic carbocycles. The highest BCUT2D eigenvalue weighted by atomic mass is 16.5. The van der Waals surface area contributed by atoms with Gasteiger partial charge >= 0.3 is 0 Å². The first-order valence-electron chi connectivity index (χ1n) is 7.96. The van der Waals surface area contributed by atoms with E-state index >= 15 is 0 Å². The van der Waals surface area contributed by atoms with Crippen molar-refractivity contribution >= 4 is 16.7 Å². The molecule has 5 nitrogen and oxygen atoms in total. The molecule has 1 aliphatic heterocycles. The van der Waals surface area contributed by atoms with Gasteiger partial charge < -0.3 is 15.2 Å². The normalized spacial score (nSPS) is 15.7. The number of carbonyl (C=O) groups is 1. The van der Waals surface area contributed by atoms with E-state index in [-0.39, 0.29) is 11.7 Å². The number of amides is 1. The van der Waals surface area contributed by atoms with Crippen LogP contribution in [0.3, 0.4) is 0 Å². The standard InChI is InChI=1S/C18H22N2O3/c1-13-15-5-3-2-4-14(15)12-16(17(13)21)18(22)19-6-7-20-8-10-23-11-9-20/h2-5,12,21H,6-11H2,1H3,(H,19,22). The lowest BCUT2D eigenvalue weighted by molar-refractivity contribution is 0.0383. The van der Waals surface area contributed by atoms with Gasteiger partial charge in [0.05, 0.1) is 18.8 Å². The number of fused-ring (bicyclic) bond motifs is 1. The first kappa shape index (κ1) is 15.8. The van der Waals surface area contributed by atoms with Crippen molar-refractivity contribution in [1.82, 2.24) is 10.2 Å². The lowest BCUT2D eigenvalue weighted by Crippen LogP contribution is -2.41. The second-order valence-corrected chi connectivity index (χ2v) is 5.83. The zero-order chi connectivity index (χ0) is 16.2. The fourth-order valence-electron chi connectivity index (χ4n) is 2.94. The predicted molar refractivity (Wildman–Crippen MR) is 89.9 cm³/mol. The summed E-state index contributed by atoms with van der Waals surface area (Å²) in [6.07, 6.45) is 0. The number of aromatic hydroxyl groups is 1. The fourth-order valence-corrected chi connectivity index (χ4v) is 2.94. The molecule has 3 rings (SSSR count). The SMILES string of the molecule is Cc1c(O)c(C(=O)NCCN2CCOCC2)cc2ccccc12. The second-order valence-electron chi connectivity index (χ2n) is 5.83. The minimum Gasteiger partial charge on any atom is -0.507 e. The van der Waals surface area contributed by atoms with Gasteiger partial charge in [0.25, 0.3) is 5.91 Å². The van der Waals surface area contributed by atoms with Crippen LogP contribution in [0.4, 0.5) is 0 Å². The Labute approximate surface area is 135 Å². The van der Waals surface area contributed by atoms with Gasteiger partial charge in [-0.15, -0.1) is 0 Å². The van der Waals surface area contributed by atoms with Crippen LogP contribution in [-0.4, -0.2) is 55.3 Å². The Morgan fingerprint density at radius 3 is 2.83 bits per heavy atom. The van der Waals surface area contributed by atoms with Crippen LogP contribution in [0.2, 0.25) is 0 Å². The minimum atomic E-state index is -0.232. The Balaban J connectivity index is 1.69. The molecule has 0 radical (unpaired) electrons. The van der Waals surface area contributed by atoms with Crippen molar-refractivity contribution in [3.05, 3.63) is 41.5 Å². The number of hydrogen-bond donors (Lipinski definition) is 2. The van der Waals surface area contributed by atoms with Gasteiger partial charge in [0, 0.05) is 26.2 Å². The third kappa shape index (κ3) is 3.46. The molecular formula is C18H22N2O3. The van der Waals surface area contributed by atoms with E-state index in [1.165, 1.54) is 0 Å². The lowest BCUT2D eigenvalue weighted by Gasteiger charge is -2.26. The summed E-state index contributed by atoms with van der Waals surface area (Å²) in [5, 5.41) is 15.2.